The van der Waals surface area contributed by atoms with E-state index in [1.807, 2.05) is 11.9 Å². The smallest absolute Gasteiger partial charge is 0.250 e. The van der Waals surface area contributed by atoms with Crippen LogP contribution >= 0.6 is 0 Å². The molecule has 1 aliphatic heterocycles. The molecule has 0 aromatic heterocycles. The maximum absolute atomic E-state index is 13.0. The predicted molar refractivity (Wildman–Crippen MR) is 111 cm³/mol. The lowest BCUT2D eigenvalue weighted by atomic mass is 9.86. The van der Waals surface area contributed by atoms with Crippen molar-refractivity contribution in [1.29, 1.82) is 0 Å². The normalized spacial score (nSPS) is 24.2. The highest BCUT2D eigenvalue weighted by Crippen LogP contribution is 2.30. The van der Waals surface area contributed by atoms with Gasteiger partial charge in [-0.3, -0.25) is 9.59 Å². The number of sulfonamides is 1. The summed E-state index contributed by atoms with van der Waals surface area (Å²) in [5, 5.41) is 0. The van der Waals surface area contributed by atoms with Crippen LogP contribution in [0.3, 0.4) is 0 Å². The van der Waals surface area contributed by atoms with E-state index in [-0.39, 0.29) is 35.4 Å². The summed E-state index contributed by atoms with van der Waals surface area (Å²) in [5.41, 5.74) is 5.34. The number of carbonyl (C=O) groups excluding carboxylic acids is 2. The molecule has 1 aliphatic carbocycles. The topological polar surface area (TPSA) is 101 Å². The summed E-state index contributed by atoms with van der Waals surface area (Å²) < 4.78 is 27.4. The largest absolute Gasteiger partial charge is 0.366 e. The molecular formula is C21H31N3O4S. The Hall–Kier alpha value is -1.93. The van der Waals surface area contributed by atoms with Crippen molar-refractivity contribution in [3.63, 3.8) is 0 Å². The molecule has 1 saturated heterocycles. The summed E-state index contributed by atoms with van der Waals surface area (Å²) in [4.78, 5) is 26.4. The number of hydrogen-bond acceptors (Lipinski definition) is 4. The number of amides is 2. The second-order valence-corrected chi connectivity index (χ2v) is 10.3. The fraction of sp³-hybridized carbons (Fsp3) is 0.619. The van der Waals surface area contributed by atoms with E-state index in [9.17, 15) is 18.0 Å². The van der Waals surface area contributed by atoms with Crippen molar-refractivity contribution in [2.24, 2.45) is 17.6 Å². The van der Waals surface area contributed by atoms with E-state index in [0.717, 1.165) is 31.6 Å². The zero-order valence-electron chi connectivity index (χ0n) is 17.2. The maximum atomic E-state index is 13.0. The van der Waals surface area contributed by atoms with Crippen molar-refractivity contribution in [3.8, 4) is 0 Å². The first-order valence-electron chi connectivity index (χ1n) is 10.4. The Balaban J connectivity index is 1.64. The molecule has 160 valence electrons. The molecule has 1 aromatic carbocycles. The van der Waals surface area contributed by atoms with Crippen LogP contribution in [0.5, 0.6) is 0 Å². The van der Waals surface area contributed by atoms with Gasteiger partial charge in [0.2, 0.25) is 21.8 Å². The van der Waals surface area contributed by atoms with Gasteiger partial charge in [0, 0.05) is 32.1 Å². The summed E-state index contributed by atoms with van der Waals surface area (Å²) in [5.74, 6) is -0.0690. The predicted octanol–water partition coefficient (Wildman–Crippen LogP) is 2.22. The fourth-order valence-corrected chi connectivity index (χ4v) is 6.14. The van der Waals surface area contributed by atoms with Crippen LogP contribution in [0.25, 0.3) is 0 Å². The molecule has 1 aromatic rings. The number of hydrogen-bond donors (Lipinski definition) is 1. The van der Waals surface area contributed by atoms with Crippen LogP contribution in [-0.2, 0) is 14.8 Å². The number of carbonyl (C=O) groups is 2. The average molecular weight is 422 g/mol. The monoisotopic (exact) mass is 421 g/mol. The van der Waals surface area contributed by atoms with Gasteiger partial charge in [-0.25, -0.2) is 8.42 Å². The van der Waals surface area contributed by atoms with Gasteiger partial charge < -0.3 is 10.6 Å². The molecule has 1 heterocycles. The number of primary amides is 1. The first kappa shape index (κ1) is 21.8. The molecule has 2 fully saturated rings. The zero-order valence-corrected chi connectivity index (χ0v) is 18.0. The number of rotatable bonds is 5. The van der Waals surface area contributed by atoms with Crippen molar-refractivity contribution in [2.75, 3.05) is 20.1 Å². The summed E-state index contributed by atoms with van der Waals surface area (Å²) in [6.07, 6.45) is 5.37. The average Bonchev–Trinajstić information content (AvgIpc) is 2.73. The summed E-state index contributed by atoms with van der Waals surface area (Å²) in [6, 6.07) is 6.29. The van der Waals surface area contributed by atoms with Gasteiger partial charge in [0.15, 0.2) is 0 Å². The van der Waals surface area contributed by atoms with Crippen molar-refractivity contribution in [2.45, 2.75) is 56.4 Å². The highest BCUT2D eigenvalue weighted by atomic mass is 32.2. The van der Waals surface area contributed by atoms with Gasteiger partial charge in [0.05, 0.1) is 10.5 Å². The minimum Gasteiger partial charge on any atom is -0.366 e. The second-order valence-electron chi connectivity index (χ2n) is 8.40. The lowest BCUT2D eigenvalue weighted by Gasteiger charge is -2.37. The third-order valence-corrected chi connectivity index (χ3v) is 8.41. The second kappa shape index (κ2) is 8.83. The van der Waals surface area contributed by atoms with Crippen molar-refractivity contribution in [3.05, 3.63) is 29.8 Å². The lowest BCUT2D eigenvalue weighted by Crippen LogP contribution is -2.47. The van der Waals surface area contributed by atoms with Crippen LogP contribution in [-0.4, -0.2) is 55.6 Å². The van der Waals surface area contributed by atoms with E-state index in [4.69, 9.17) is 5.73 Å². The van der Waals surface area contributed by atoms with Crippen molar-refractivity contribution < 1.29 is 18.0 Å². The first-order chi connectivity index (χ1) is 13.7. The summed E-state index contributed by atoms with van der Waals surface area (Å²) in [7, 11) is -1.94. The molecule has 7 nitrogen and oxygen atoms in total. The van der Waals surface area contributed by atoms with Crippen LogP contribution in [0, 0.1) is 11.8 Å². The highest BCUT2D eigenvalue weighted by Gasteiger charge is 2.36. The lowest BCUT2D eigenvalue weighted by molar-refractivity contribution is -0.138. The van der Waals surface area contributed by atoms with Gasteiger partial charge in [0.25, 0.3) is 0 Å². The van der Waals surface area contributed by atoms with E-state index < -0.39 is 15.9 Å². The van der Waals surface area contributed by atoms with Crippen LogP contribution in [0.2, 0.25) is 0 Å². The molecule has 0 bridgehead atoms. The van der Waals surface area contributed by atoms with E-state index in [1.165, 1.54) is 16.4 Å². The van der Waals surface area contributed by atoms with Crippen LogP contribution in [0.4, 0.5) is 0 Å². The van der Waals surface area contributed by atoms with E-state index in [2.05, 4.69) is 6.92 Å². The van der Waals surface area contributed by atoms with Gasteiger partial charge in [0.1, 0.15) is 0 Å². The third-order valence-electron chi connectivity index (χ3n) is 6.45. The molecule has 8 heteroatoms. The Morgan fingerprint density at radius 3 is 2.21 bits per heavy atom. The molecule has 3 rings (SSSR count). The molecule has 0 spiro atoms. The van der Waals surface area contributed by atoms with E-state index >= 15 is 0 Å². The van der Waals surface area contributed by atoms with Crippen molar-refractivity contribution >= 4 is 21.8 Å². The standard InChI is InChI=1S/C21H31N3O4S/c1-15-7-9-17(10-8-15)23(2)21(26)16-11-13-24(14-12-16)29(27,28)19-6-4-3-5-18(19)20(22)25/h3-6,15-17H,7-14H2,1-2H3,(H2,22,25). The maximum Gasteiger partial charge on any atom is 0.250 e. The molecule has 0 atom stereocenters. The number of nitrogens with zero attached hydrogens (tertiary/aromatic N) is 2. The Kier molecular flexibility index (Phi) is 6.63. The molecule has 29 heavy (non-hydrogen) atoms. The first-order valence-corrected chi connectivity index (χ1v) is 11.8. The summed E-state index contributed by atoms with van der Waals surface area (Å²) >= 11 is 0. The van der Waals surface area contributed by atoms with Crippen LogP contribution < -0.4 is 5.73 Å². The molecule has 0 radical (unpaired) electrons. The Morgan fingerprint density at radius 2 is 1.62 bits per heavy atom. The number of benzene rings is 1. The van der Waals surface area contributed by atoms with E-state index in [0.29, 0.717) is 18.9 Å². The number of nitrogens with two attached hydrogens (primary N) is 1. The van der Waals surface area contributed by atoms with E-state index in [1.54, 1.807) is 12.1 Å². The zero-order chi connectivity index (χ0) is 21.2. The fourth-order valence-electron chi connectivity index (χ4n) is 4.48. The van der Waals surface area contributed by atoms with Crippen LogP contribution in [0.1, 0.15) is 55.8 Å². The molecule has 0 unspecified atom stereocenters. The molecule has 2 amide bonds. The minimum absolute atomic E-state index is 0.00281. The number of piperidine rings is 1. The Morgan fingerprint density at radius 1 is 1.03 bits per heavy atom. The van der Waals surface area contributed by atoms with Gasteiger partial charge in [-0.1, -0.05) is 19.1 Å². The van der Waals surface area contributed by atoms with Gasteiger partial charge in [-0.2, -0.15) is 4.31 Å². The molecular weight excluding hydrogens is 390 g/mol. The quantitative estimate of drug-likeness (QED) is 0.788. The van der Waals surface area contributed by atoms with Crippen LogP contribution in [0.15, 0.2) is 29.2 Å². The molecule has 2 aliphatic rings. The summed E-state index contributed by atoms with van der Waals surface area (Å²) in [6.45, 7) is 2.79. The molecule has 2 N–H and O–H groups in total. The molecule has 1 saturated carbocycles. The Bertz CT molecular complexity index is 854. The Labute approximate surface area is 173 Å². The minimum atomic E-state index is -3.83. The van der Waals surface area contributed by atoms with Gasteiger partial charge in [-0.05, 0) is 56.6 Å². The third kappa shape index (κ3) is 4.64. The van der Waals surface area contributed by atoms with Crippen molar-refractivity contribution in [1.82, 2.24) is 9.21 Å². The highest BCUT2D eigenvalue weighted by molar-refractivity contribution is 7.89. The van der Waals surface area contributed by atoms with Gasteiger partial charge >= 0.3 is 0 Å². The van der Waals surface area contributed by atoms with Gasteiger partial charge in [-0.15, -0.1) is 0 Å². The SMILES string of the molecule is CC1CCC(N(C)C(=O)C2CCN(S(=O)(=O)c3ccccc3C(N)=O)CC2)CC1.